The average Bonchev–Trinajstić information content (AvgIpc) is 2.36. The molecule has 1 atom stereocenters. The summed E-state index contributed by atoms with van der Waals surface area (Å²) >= 11 is 0. The lowest BCUT2D eigenvalue weighted by molar-refractivity contribution is 0.259. The van der Waals surface area contributed by atoms with Crippen LogP contribution in [0.5, 0.6) is 5.75 Å². The van der Waals surface area contributed by atoms with E-state index in [4.69, 9.17) is 10.5 Å². The van der Waals surface area contributed by atoms with Crippen LogP contribution in [0.1, 0.15) is 31.9 Å². The maximum atomic E-state index is 5.53. The molecule has 0 aliphatic carbocycles. The Kier molecular flexibility index (Phi) is 6.01. The molecule has 0 fully saturated rings. The number of hydrogen-bond donors (Lipinski definition) is 1. The van der Waals surface area contributed by atoms with E-state index in [2.05, 4.69) is 31.0 Å². The van der Waals surface area contributed by atoms with Gasteiger partial charge in [-0.2, -0.15) is 0 Å². The predicted octanol–water partition coefficient (Wildman–Crippen LogP) is 2.43. The Morgan fingerprint density at radius 2 is 1.94 bits per heavy atom. The van der Waals surface area contributed by atoms with E-state index in [1.54, 1.807) is 0 Å². The Hall–Kier alpha value is -1.06. The summed E-state index contributed by atoms with van der Waals surface area (Å²) in [4.78, 5) is 2.32. The molecule has 3 heteroatoms. The lowest BCUT2D eigenvalue weighted by atomic mass is 10.1. The fourth-order valence-corrected chi connectivity index (χ4v) is 1.80. The molecule has 96 valence electrons. The van der Waals surface area contributed by atoms with E-state index in [-0.39, 0.29) is 0 Å². The van der Waals surface area contributed by atoms with Crippen molar-refractivity contribution in [3.63, 3.8) is 0 Å². The number of ether oxygens (including phenoxy) is 1. The third kappa shape index (κ3) is 4.36. The standard InChI is InChI=1S/C14H24N2O/c1-4-17-14-8-6-13(7-9-14)12(2)16(3)11-5-10-15/h6-9,12H,4-5,10-11,15H2,1-3H3. The third-order valence-electron chi connectivity index (χ3n) is 3.05. The molecule has 0 radical (unpaired) electrons. The summed E-state index contributed by atoms with van der Waals surface area (Å²) in [5.41, 5.74) is 6.84. The molecule has 3 nitrogen and oxygen atoms in total. The van der Waals surface area contributed by atoms with Gasteiger partial charge in [0.25, 0.3) is 0 Å². The molecule has 17 heavy (non-hydrogen) atoms. The molecule has 0 aliphatic rings. The van der Waals surface area contributed by atoms with Gasteiger partial charge in [-0.15, -0.1) is 0 Å². The largest absolute Gasteiger partial charge is 0.494 e. The lowest BCUT2D eigenvalue weighted by Gasteiger charge is -2.25. The van der Waals surface area contributed by atoms with Crippen molar-refractivity contribution in [1.82, 2.24) is 4.90 Å². The SMILES string of the molecule is CCOc1ccc(C(C)N(C)CCCN)cc1. The van der Waals surface area contributed by atoms with Crippen LogP contribution < -0.4 is 10.5 Å². The first-order valence-corrected chi connectivity index (χ1v) is 6.32. The van der Waals surface area contributed by atoms with E-state index < -0.39 is 0 Å². The molecular weight excluding hydrogens is 212 g/mol. The maximum absolute atomic E-state index is 5.53. The van der Waals surface area contributed by atoms with Gasteiger partial charge in [0.2, 0.25) is 0 Å². The molecule has 0 bridgehead atoms. The molecule has 1 rings (SSSR count). The maximum Gasteiger partial charge on any atom is 0.119 e. The zero-order chi connectivity index (χ0) is 12.7. The van der Waals surface area contributed by atoms with Crippen LogP contribution in [0.15, 0.2) is 24.3 Å². The summed E-state index contributed by atoms with van der Waals surface area (Å²) in [5.74, 6) is 0.938. The Labute approximate surface area is 105 Å². The van der Waals surface area contributed by atoms with Crippen molar-refractivity contribution < 1.29 is 4.74 Å². The molecular formula is C14H24N2O. The van der Waals surface area contributed by atoms with Crippen molar-refractivity contribution in [1.29, 1.82) is 0 Å². The molecule has 1 aromatic carbocycles. The first-order chi connectivity index (χ1) is 8.19. The highest BCUT2D eigenvalue weighted by molar-refractivity contribution is 5.28. The van der Waals surface area contributed by atoms with Gasteiger partial charge >= 0.3 is 0 Å². The summed E-state index contributed by atoms with van der Waals surface area (Å²) in [5, 5.41) is 0. The molecule has 1 unspecified atom stereocenters. The van der Waals surface area contributed by atoms with Gasteiger partial charge in [0.15, 0.2) is 0 Å². The van der Waals surface area contributed by atoms with Gasteiger partial charge in [-0.25, -0.2) is 0 Å². The number of benzene rings is 1. The van der Waals surface area contributed by atoms with Crippen molar-refractivity contribution in [2.75, 3.05) is 26.7 Å². The van der Waals surface area contributed by atoms with E-state index in [1.807, 2.05) is 19.1 Å². The van der Waals surface area contributed by atoms with Gasteiger partial charge < -0.3 is 10.5 Å². The van der Waals surface area contributed by atoms with E-state index in [0.717, 1.165) is 25.3 Å². The monoisotopic (exact) mass is 236 g/mol. The molecule has 1 aromatic rings. The zero-order valence-electron chi connectivity index (χ0n) is 11.1. The molecule has 0 saturated carbocycles. The van der Waals surface area contributed by atoms with Crippen molar-refractivity contribution >= 4 is 0 Å². The second-order valence-corrected chi connectivity index (χ2v) is 4.30. The fourth-order valence-electron chi connectivity index (χ4n) is 1.80. The van der Waals surface area contributed by atoms with Crippen LogP contribution in [0.2, 0.25) is 0 Å². The van der Waals surface area contributed by atoms with Gasteiger partial charge in [-0.05, 0) is 58.1 Å². The van der Waals surface area contributed by atoms with Gasteiger partial charge in [0, 0.05) is 6.04 Å². The first kappa shape index (κ1) is 14.0. The summed E-state index contributed by atoms with van der Waals surface area (Å²) in [6.07, 6.45) is 1.04. The Balaban J connectivity index is 2.58. The van der Waals surface area contributed by atoms with Gasteiger partial charge in [-0.3, -0.25) is 4.90 Å². The predicted molar refractivity (Wildman–Crippen MR) is 72.3 cm³/mol. The number of nitrogens with zero attached hydrogens (tertiary/aromatic N) is 1. The summed E-state index contributed by atoms with van der Waals surface area (Å²) in [6.45, 7) is 6.71. The molecule has 0 aliphatic heterocycles. The van der Waals surface area contributed by atoms with Crippen molar-refractivity contribution in [3.05, 3.63) is 29.8 Å². The van der Waals surface area contributed by atoms with Crippen LogP contribution in [0.25, 0.3) is 0 Å². The average molecular weight is 236 g/mol. The Morgan fingerprint density at radius 1 is 1.29 bits per heavy atom. The van der Waals surface area contributed by atoms with Crippen LogP contribution in [-0.2, 0) is 0 Å². The Bertz CT molecular complexity index is 311. The van der Waals surface area contributed by atoms with Crippen LogP contribution in [-0.4, -0.2) is 31.6 Å². The van der Waals surface area contributed by atoms with Crippen molar-refractivity contribution in [2.45, 2.75) is 26.3 Å². The van der Waals surface area contributed by atoms with Crippen molar-refractivity contribution in [3.8, 4) is 5.75 Å². The van der Waals surface area contributed by atoms with Gasteiger partial charge in [0.1, 0.15) is 5.75 Å². The van der Waals surface area contributed by atoms with Crippen LogP contribution in [0.3, 0.4) is 0 Å². The second kappa shape index (κ2) is 7.30. The normalized spacial score (nSPS) is 12.8. The number of hydrogen-bond acceptors (Lipinski definition) is 3. The molecule has 2 N–H and O–H groups in total. The quantitative estimate of drug-likeness (QED) is 0.790. The van der Waals surface area contributed by atoms with E-state index in [0.29, 0.717) is 12.6 Å². The summed E-state index contributed by atoms with van der Waals surface area (Å²) < 4.78 is 5.44. The van der Waals surface area contributed by atoms with E-state index in [1.165, 1.54) is 5.56 Å². The molecule has 0 aromatic heterocycles. The van der Waals surface area contributed by atoms with Gasteiger partial charge in [0.05, 0.1) is 6.61 Å². The summed E-state index contributed by atoms with van der Waals surface area (Å²) in [6, 6.07) is 8.75. The third-order valence-corrected chi connectivity index (χ3v) is 3.05. The highest BCUT2D eigenvalue weighted by Gasteiger charge is 2.10. The Morgan fingerprint density at radius 3 is 2.47 bits per heavy atom. The first-order valence-electron chi connectivity index (χ1n) is 6.32. The number of rotatable bonds is 7. The zero-order valence-corrected chi connectivity index (χ0v) is 11.1. The minimum atomic E-state index is 0.414. The minimum absolute atomic E-state index is 0.414. The van der Waals surface area contributed by atoms with Crippen LogP contribution >= 0.6 is 0 Å². The highest BCUT2D eigenvalue weighted by atomic mass is 16.5. The van der Waals surface area contributed by atoms with Crippen molar-refractivity contribution in [2.24, 2.45) is 5.73 Å². The van der Waals surface area contributed by atoms with Crippen LogP contribution in [0.4, 0.5) is 0 Å². The lowest BCUT2D eigenvalue weighted by Crippen LogP contribution is -2.25. The topological polar surface area (TPSA) is 38.5 Å². The minimum Gasteiger partial charge on any atom is -0.494 e. The number of nitrogens with two attached hydrogens (primary N) is 1. The molecule has 0 spiro atoms. The summed E-state index contributed by atoms with van der Waals surface area (Å²) in [7, 11) is 2.14. The second-order valence-electron chi connectivity index (χ2n) is 4.30. The fraction of sp³-hybridized carbons (Fsp3) is 0.571. The van der Waals surface area contributed by atoms with Gasteiger partial charge in [-0.1, -0.05) is 12.1 Å². The molecule has 0 heterocycles. The molecule has 0 amide bonds. The van der Waals surface area contributed by atoms with Crippen LogP contribution in [0, 0.1) is 0 Å². The highest BCUT2D eigenvalue weighted by Crippen LogP contribution is 2.21. The molecule has 0 saturated heterocycles. The van der Waals surface area contributed by atoms with E-state index >= 15 is 0 Å². The smallest absolute Gasteiger partial charge is 0.119 e. The van der Waals surface area contributed by atoms with E-state index in [9.17, 15) is 0 Å².